The summed E-state index contributed by atoms with van der Waals surface area (Å²) in [5.74, 6) is 0. The van der Waals surface area contributed by atoms with Gasteiger partial charge in [0.2, 0.25) is 0 Å². The first kappa shape index (κ1) is 10.2. The minimum atomic E-state index is -0.0796. The monoisotopic (exact) mass is 184 g/mol. The summed E-state index contributed by atoms with van der Waals surface area (Å²) in [6.07, 6.45) is 1.55. The van der Waals surface area contributed by atoms with Crippen molar-refractivity contribution in [1.29, 1.82) is 0 Å². The van der Waals surface area contributed by atoms with Crippen molar-refractivity contribution in [2.45, 2.75) is 20.4 Å². The predicted octanol–water partition coefficient (Wildman–Crippen LogP) is 0.783. The van der Waals surface area contributed by atoms with Gasteiger partial charge in [-0.25, -0.2) is 0 Å². The van der Waals surface area contributed by atoms with Crippen molar-refractivity contribution in [1.82, 2.24) is 10.5 Å². The van der Waals surface area contributed by atoms with Gasteiger partial charge in [0.25, 0.3) is 0 Å². The summed E-state index contributed by atoms with van der Waals surface area (Å²) in [6.45, 7) is 5.63. The molecule has 0 unspecified atom stereocenters. The van der Waals surface area contributed by atoms with E-state index in [2.05, 4.69) is 15.0 Å². The molecule has 0 aliphatic rings. The van der Waals surface area contributed by atoms with E-state index in [0.717, 1.165) is 12.2 Å². The lowest BCUT2D eigenvalue weighted by molar-refractivity contribution is 0.156. The van der Waals surface area contributed by atoms with E-state index in [1.165, 1.54) is 0 Å². The molecule has 0 amide bonds. The number of hydrogen-bond donors (Lipinski definition) is 2. The number of nitrogens with zero attached hydrogens (tertiary/aromatic N) is 1. The van der Waals surface area contributed by atoms with Crippen molar-refractivity contribution in [3.63, 3.8) is 0 Å². The Morgan fingerprint density at radius 1 is 1.62 bits per heavy atom. The number of aromatic nitrogens is 1. The third kappa shape index (κ3) is 3.57. The summed E-state index contributed by atoms with van der Waals surface area (Å²) < 4.78 is 4.68. The number of aliphatic hydroxyl groups excluding tert-OH is 1. The van der Waals surface area contributed by atoms with E-state index in [9.17, 15) is 0 Å². The first-order chi connectivity index (χ1) is 6.14. The van der Waals surface area contributed by atoms with Crippen LogP contribution < -0.4 is 5.32 Å². The van der Waals surface area contributed by atoms with Crippen molar-refractivity contribution < 1.29 is 9.63 Å². The Kier molecular flexibility index (Phi) is 3.45. The van der Waals surface area contributed by atoms with E-state index < -0.39 is 0 Å². The summed E-state index contributed by atoms with van der Waals surface area (Å²) in [6, 6.07) is 1.82. The normalized spacial score (nSPS) is 11.9. The fourth-order valence-corrected chi connectivity index (χ4v) is 0.914. The van der Waals surface area contributed by atoms with Crippen molar-refractivity contribution in [2.75, 3.05) is 13.2 Å². The maximum Gasteiger partial charge on any atom is 0.124 e. The predicted molar refractivity (Wildman–Crippen MR) is 49.1 cm³/mol. The van der Waals surface area contributed by atoms with Crippen molar-refractivity contribution >= 4 is 0 Å². The smallest absolute Gasteiger partial charge is 0.124 e. The Morgan fingerprint density at radius 2 is 2.38 bits per heavy atom. The highest BCUT2D eigenvalue weighted by Gasteiger charge is 2.15. The van der Waals surface area contributed by atoms with E-state index in [1.54, 1.807) is 6.26 Å². The Hall–Kier alpha value is -0.870. The third-order valence-electron chi connectivity index (χ3n) is 1.83. The van der Waals surface area contributed by atoms with Crippen LogP contribution in [-0.4, -0.2) is 23.4 Å². The standard InChI is InChI=1S/C9H16N2O2/c1-9(2,7-12)6-10-5-8-3-4-13-11-8/h3-4,10,12H,5-7H2,1-2H3. The van der Waals surface area contributed by atoms with Gasteiger partial charge < -0.3 is 14.9 Å². The van der Waals surface area contributed by atoms with Gasteiger partial charge in [0.15, 0.2) is 0 Å². The number of rotatable bonds is 5. The van der Waals surface area contributed by atoms with Crippen molar-refractivity contribution in [3.05, 3.63) is 18.0 Å². The highest BCUT2D eigenvalue weighted by atomic mass is 16.5. The second-order valence-corrected chi connectivity index (χ2v) is 3.92. The van der Waals surface area contributed by atoms with Crippen LogP contribution >= 0.6 is 0 Å². The molecule has 1 rings (SSSR count). The second kappa shape index (κ2) is 4.39. The molecule has 1 aromatic rings. The lowest BCUT2D eigenvalue weighted by Crippen LogP contribution is -2.31. The number of aliphatic hydroxyl groups is 1. The lowest BCUT2D eigenvalue weighted by atomic mass is 9.95. The average molecular weight is 184 g/mol. The highest BCUT2D eigenvalue weighted by Crippen LogP contribution is 2.11. The maximum absolute atomic E-state index is 8.98. The zero-order valence-corrected chi connectivity index (χ0v) is 8.08. The molecule has 0 aromatic carbocycles. The highest BCUT2D eigenvalue weighted by molar-refractivity contribution is 4.94. The number of hydrogen-bond acceptors (Lipinski definition) is 4. The van der Waals surface area contributed by atoms with Crippen LogP contribution in [0.15, 0.2) is 16.9 Å². The fourth-order valence-electron chi connectivity index (χ4n) is 0.914. The van der Waals surface area contributed by atoms with Gasteiger partial charge in [0.1, 0.15) is 6.26 Å². The zero-order chi connectivity index (χ0) is 9.73. The van der Waals surface area contributed by atoms with Crippen LogP contribution in [0.25, 0.3) is 0 Å². The molecule has 0 bridgehead atoms. The summed E-state index contributed by atoms with van der Waals surface area (Å²) >= 11 is 0. The van der Waals surface area contributed by atoms with Crippen LogP contribution in [0.5, 0.6) is 0 Å². The molecule has 0 aliphatic heterocycles. The quantitative estimate of drug-likeness (QED) is 0.710. The Morgan fingerprint density at radius 3 is 2.92 bits per heavy atom. The molecule has 0 saturated heterocycles. The van der Waals surface area contributed by atoms with Crippen LogP contribution in [0.2, 0.25) is 0 Å². The summed E-state index contributed by atoms with van der Waals surface area (Å²) in [5.41, 5.74) is 0.803. The lowest BCUT2D eigenvalue weighted by Gasteiger charge is -2.21. The van der Waals surface area contributed by atoms with Crippen molar-refractivity contribution in [2.24, 2.45) is 5.41 Å². The van der Waals surface area contributed by atoms with Gasteiger partial charge in [-0.05, 0) is 0 Å². The molecular formula is C9H16N2O2. The molecule has 4 heteroatoms. The van der Waals surface area contributed by atoms with Crippen LogP contribution in [0.4, 0.5) is 0 Å². The number of nitrogens with one attached hydrogen (secondary N) is 1. The second-order valence-electron chi connectivity index (χ2n) is 3.92. The van der Waals surface area contributed by atoms with E-state index >= 15 is 0 Å². The first-order valence-corrected chi connectivity index (χ1v) is 4.35. The molecule has 0 atom stereocenters. The molecule has 0 aliphatic carbocycles. The fraction of sp³-hybridized carbons (Fsp3) is 0.667. The SMILES string of the molecule is CC(C)(CO)CNCc1ccon1. The van der Waals surface area contributed by atoms with E-state index in [0.29, 0.717) is 6.54 Å². The van der Waals surface area contributed by atoms with Gasteiger partial charge >= 0.3 is 0 Å². The molecule has 0 radical (unpaired) electrons. The summed E-state index contributed by atoms with van der Waals surface area (Å²) in [7, 11) is 0. The molecule has 4 nitrogen and oxygen atoms in total. The summed E-state index contributed by atoms with van der Waals surface area (Å²) in [4.78, 5) is 0. The van der Waals surface area contributed by atoms with Crippen LogP contribution in [0.3, 0.4) is 0 Å². The average Bonchev–Trinajstić information content (AvgIpc) is 2.57. The Labute approximate surface area is 77.9 Å². The molecule has 13 heavy (non-hydrogen) atoms. The molecule has 0 spiro atoms. The van der Waals surface area contributed by atoms with Gasteiger partial charge in [0.05, 0.1) is 5.69 Å². The van der Waals surface area contributed by atoms with Crippen molar-refractivity contribution in [3.8, 4) is 0 Å². The molecule has 1 aromatic heterocycles. The van der Waals surface area contributed by atoms with E-state index in [-0.39, 0.29) is 12.0 Å². The topological polar surface area (TPSA) is 58.3 Å². The zero-order valence-electron chi connectivity index (χ0n) is 8.08. The Bertz CT molecular complexity index is 232. The van der Waals surface area contributed by atoms with E-state index in [4.69, 9.17) is 5.11 Å². The minimum absolute atomic E-state index is 0.0796. The molecule has 0 fully saturated rings. The first-order valence-electron chi connectivity index (χ1n) is 4.35. The van der Waals surface area contributed by atoms with E-state index in [1.807, 2.05) is 19.9 Å². The summed E-state index contributed by atoms with van der Waals surface area (Å²) in [5, 5.41) is 15.9. The largest absolute Gasteiger partial charge is 0.396 e. The van der Waals surface area contributed by atoms with Crippen LogP contribution in [-0.2, 0) is 6.54 Å². The molecular weight excluding hydrogens is 168 g/mol. The van der Waals surface area contributed by atoms with Crippen LogP contribution in [0.1, 0.15) is 19.5 Å². The third-order valence-corrected chi connectivity index (χ3v) is 1.83. The van der Waals surface area contributed by atoms with Gasteiger partial charge in [-0.15, -0.1) is 0 Å². The van der Waals surface area contributed by atoms with Gasteiger partial charge in [-0.2, -0.15) is 0 Å². The maximum atomic E-state index is 8.98. The molecule has 74 valence electrons. The van der Waals surface area contributed by atoms with Gasteiger partial charge in [0, 0.05) is 31.2 Å². The van der Waals surface area contributed by atoms with Crippen LogP contribution in [0, 0.1) is 5.41 Å². The molecule has 0 saturated carbocycles. The molecule has 1 heterocycles. The minimum Gasteiger partial charge on any atom is -0.396 e. The van der Waals surface area contributed by atoms with Gasteiger partial charge in [-0.3, -0.25) is 0 Å². The Balaban J connectivity index is 2.21. The molecule has 2 N–H and O–H groups in total. The van der Waals surface area contributed by atoms with Gasteiger partial charge in [-0.1, -0.05) is 19.0 Å².